The van der Waals surface area contributed by atoms with Crippen LogP contribution >= 0.6 is 0 Å². The molecular weight excluding hydrogens is 193 g/mol. The summed E-state index contributed by atoms with van der Waals surface area (Å²) >= 11 is 0. The highest BCUT2D eigenvalue weighted by Gasteiger charge is 2.22. The molecule has 1 fully saturated rings. The third kappa shape index (κ3) is 2.22. The number of phenols is 1. The van der Waals surface area contributed by atoms with Crippen LogP contribution in [-0.4, -0.2) is 11.1 Å². The molecule has 1 aliphatic rings. The molecular formula is C12H16FNO. The second-order valence-electron chi connectivity index (χ2n) is 4.33. The molecule has 1 saturated carbocycles. The van der Waals surface area contributed by atoms with Crippen LogP contribution in [0.2, 0.25) is 0 Å². The Morgan fingerprint density at radius 3 is 2.80 bits per heavy atom. The quantitative estimate of drug-likeness (QED) is 0.733. The Balaban J connectivity index is 2.07. The summed E-state index contributed by atoms with van der Waals surface area (Å²) in [5.41, 5.74) is 0.754. The fraction of sp³-hybridized carbons (Fsp3) is 0.500. The first-order valence-electron chi connectivity index (χ1n) is 5.42. The van der Waals surface area contributed by atoms with Gasteiger partial charge in [-0.1, -0.05) is 13.3 Å². The van der Waals surface area contributed by atoms with Gasteiger partial charge in [-0.15, -0.1) is 0 Å². The van der Waals surface area contributed by atoms with Crippen molar-refractivity contribution in [2.45, 2.75) is 32.2 Å². The normalized spacial score (nSPS) is 25.5. The number of phenolic OH excluding ortho intramolecular Hbond substituents is 1. The Labute approximate surface area is 89.1 Å². The Kier molecular flexibility index (Phi) is 2.80. The summed E-state index contributed by atoms with van der Waals surface area (Å²) < 4.78 is 13.1. The van der Waals surface area contributed by atoms with Gasteiger partial charge in [0.2, 0.25) is 0 Å². The molecule has 0 saturated heterocycles. The molecule has 0 amide bonds. The molecule has 2 rings (SSSR count). The third-order valence-electron chi connectivity index (χ3n) is 3.16. The van der Waals surface area contributed by atoms with Gasteiger partial charge in [-0.25, -0.2) is 4.39 Å². The van der Waals surface area contributed by atoms with Crippen molar-refractivity contribution in [1.29, 1.82) is 0 Å². The van der Waals surface area contributed by atoms with Gasteiger partial charge in [0, 0.05) is 17.8 Å². The molecule has 1 aromatic carbocycles. The summed E-state index contributed by atoms with van der Waals surface area (Å²) in [6.07, 6.45) is 3.61. The van der Waals surface area contributed by atoms with Crippen LogP contribution in [0.1, 0.15) is 26.2 Å². The maximum absolute atomic E-state index is 13.1. The average molecular weight is 209 g/mol. The Morgan fingerprint density at radius 1 is 1.40 bits per heavy atom. The molecule has 82 valence electrons. The van der Waals surface area contributed by atoms with Crippen molar-refractivity contribution in [2.75, 3.05) is 5.32 Å². The van der Waals surface area contributed by atoms with Crippen molar-refractivity contribution in [3.8, 4) is 5.75 Å². The van der Waals surface area contributed by atoms with E-state index in [0.29, 0.717) is 12.0 Å². The standard InChI is InChI=1S/C12H16FNO/c1-8-3-2-4-11(8)14-9-5-6-12(15)10(13)7-9/h5-8,11,14-15H,2-4H2,1H3. The minimum absolute atomic E-state index is 0.292. The van der Waals surface area contributed by atoms with Crippen molar-refractivity contribution in [3.63, 3.8) is 0 Å². The summed E-state index contributed by atoms with van der Waals surface area (Å²) in [5, 5.41) is 12.4. The predicted molar refractivity (Wildman–Crippen MR) is 58.5 cm³/mol. The summed E-state index contributed by atoms with van der Waals surface area (Å²) in [6.45, 7) is 2.21. The Hall–Kier alpha value is -1.25. The number of anilines is 1. The second kappa shape index (κ2) is 4.09. The van der Waals surface area contributed by atoms with Crippen LogP contribution < -0.4 is 5.32 Å². The van der Waals surface area contributed by atoms with Crippen molar-refractivity contribution in [3.05, 3.63) is 24.0 Å². The SMILES string of the molecule is CC1CCCC1Nc1ccc(O)c(F)c1. The van der Waals surface area contributed by atoms with Gasteiger partial charge >= 0.3 is 0 Å². The summed E-state index contributed by atoms with van der Waals surface area (Å²) in [7, 11) is 0. The third-order valence-corrected chi connectivity index (χ3v) is 3.16. The lowest BCUT2D eigenvalue weighted by Crippen LogP contribution is -2.21. The van der Waals surface area contributed by atoms with E-state index in [2.05, 4.69) is 12.2 Å². The lowest BCUT2D eigenvalue weighted by Gasteiger charge is -2.18. The molecule has 0 aliphatic heterocycles. The first-order valence-corrected chi connectivity index (χ1v) is 5.42. The van der Waals surface area contributed by atoms with E-state index >= 15 is 0 Å². The summed E-state index contributed by atoms with van der Waals surface area (Å²) in [6, 6.07) is 4.88. The van der Waals surface area contributed by atoms with E-state index in [1.165, 1.54) is 25.0 Å². The van der Waals surface area contributed by atoms with Gasteiger partial charge in [0.05, 0.1) is 0 Å². The van der Waals surface area contributed by atoms with E-state index < -0.39 is 5.82 Å². The average Bonchev–Trinajstić information content (AvgIpc) is 2.59. The van der Waals surface area contributed by atoms with Crippen LogP contribution in [0.4, 0.5) is 10.1 Å². The van der Waals surface area contributed by atoms with Crippen LogP contribution in [-0.2, 0) is 0 Å². The van der Waals surface area contributed by atoms with E-state index in [4.69, 9.17) is 5.11 Å². The number of nitrogens with one attached hydrogen (secondary N) is 1. The van der Waals surface area contributed by atoms with Crippen LogP contribution in [0.3, 0.4) is 0 Å². The van der Waals surface area contributed by atoms with Crippen LogP contribution in [0.25, 0.3) is 0 Å². The van der Waals surface area contributed by atoms with Crippen LogP contribution in [0.15, 0.2) is 18.2 Å². The number of hydrogen-bond donors (Lipinski definition) is 2. The number of rotatable bonds is 2. The number of halogens is 1. The van der Waals surface area contributed by atoms with Crippen molar-refractivity contribution < 1.29 is 9.50 Å². The molecule has 2 atom stereocenters. The molecule has 2 unspecified atom stereocenters. The van der Waals surface area contributed by atoms with Gasteiger partial charge in [0.1, 0.15) is 0 Å². The van der Waals surface area contributed by atoms with Gasteiger partial charge in [0.15, 0.2) is 11.6 Å². The first-order chi connectivity index (χ1) is 7.16. The van der Waals surface area contributed by atoms with Gasteiger partial charge in [0.25, 0.3) is 0 Å². The topological polar surface area (TPSA) is 32.3 Å². The second-order valence-corrected chi connectivity index (χ2v) is 4.33. The molecule has 0 heterocycles. The molecule has 0 aromatic heterocycles. The lowest BCUT2D eigenvalue weighted by atomic mass is 10.1. The lowest BCUT2D eigenvalue weighted by molar-refractivity contribution is 0.432. The molecule has 1 aromatic rings. The maximum Gasteiger partial charge on any atom is 0.166 e. The fourth-order valence-corrected chi connectivity index (χ4v) is 2.17. The molecule has 1 aliphatic carbocycles. The molecule has 0 radical (unpaired) electrons. The summed E-state index contributed by atoms with van der Waals surface area (Å²) in [5.74, 6) is -0.215. The monoisotopic (exact) mass is 209 g/mol. The van der Waals surface area contributed by atoms with E-state index in [1.54, 1.807) is 6.07 Å². The van der Waals surface area contributed by atoms with E-state index in [0.717, 1.165) is 12.1 Å². The van der Waals surface area contributed by atoms with E-state index in [9.17, 15) is 4.39 Å². The Morgan fingerprint density at radius 2 is 2.20 bits per heavy atom. The first kappa shape index (κ1) is 10.3. The molecule has 3 heteroatoms. The predicted octanol–water partition coefficient (Wildman–Crippen LogP) is 3.13. The number of benzene rings is 1. The minimum atomic E-state index is -0.564. The molecule has 2 N–H and O–H groups in total. The number of aromatic hydroxyl groups is 1. The Bertz CT molecular complexity index is 353. The zero-order valence-electron chi connectivity index (χ0n) is 8.83. The minimum Gasteiger partial charge on any atom is -0.505 e. The molecule has 0 spiro atoms. The fourth-order valence-electron chi connectivity index (χ4n) is 2.17. The van der Waals surface area contributed by atoms with Crippen LogP contribution in [0, 0.1) is 11.7 Å². The van der Waals surface area contributed by atoms with Crippen LogP contribution in [0.5, 0.6) is 5.75 Å². The van der Waals surface area contributed by atoms with Crippen molar-refractivity contribution in [2.24, 2.45) is 5.92 Å². The largest absolute Gasteiger partial charge is 0.505 e. The molecule has 2 nitrogen and oxygen atoms in total. The molecule has 0 bridgehead atoms. The van der Waals surface area contributed by atoms with Gasteiger partial charge in [-0.2, -0.15) is 0 Å². The van der Waals surface area contributed by atoms with E-state index in [1.807, 2.05) is 0 Å². The molecule has 15 heavy (non-hydrogen) atoms. The maximum atomic E-state index is 13.1. The number of hydrogen-bond acceptors (Lipinski definition) is 2. The zero-order valence-corrected chi connectivity index (χ0v) is 8.83. The smallest absolute Gasteiger partial charge is 0.166 e. The van der Waals surface area contributed by atoms with E-state index in [-0.39, 0.29) is 5.75 Å². The van der Waals surface area contributed by atoms with Crippen molar-refractivity contribution >= 4 is 5.69 Å². The zero-order chi connectivity index (χ0) is 10.8. The van der Waals surface area contributed by atoms with Gasteiger partial charge in [-0.05, 0) is 30.9 Å². The van der Waals surface area contributed by atoms with Gasteiger partial charge in [-0.3, -0.25) is 0 Å². The van der Waals surface area contributed by atoms with Crippen molar-refractivity contribution in [1.82, 2.24) is 0 Å². The highest BCUT2D eigenvalue weighted by Crippen LogP contribution is 2.29. The highest BCUT2D eigenvalue weighted by atomic mass is 19.1. The summed E-state index contributed by atoms with van der Waals surface area (Å²) in [4.78, 5) is 0. The highest BCUT2D eigenvalue weighted by molar-refractivity contribution is 5.47. The van der Waals surface area contributed by atoms with Gasteiger partial charge < -0.3 is 10.4 Å².